The predicted molar refractivity (Wildman–Crippen MR) is 26.1 cm³/mol. The molecule has 0 radical (unpaired) electrons. The lowest BCUT2D eigenvalue weighted by molar-refractivity contribution is -0.185. The fourth-order valence-electron chi connectivity index (χ4n) is 0.626. The third kappa shape index (κ3) is 1.19. The number of alkyl halides is 2. The zero-order valence-electron chi connectivity index (χ0n) is 6.55. The first kappa shape index (κ1) is 4.57. The summed E-state index contributed by atoms with van der Waals surface area (Å²) >= 11 is 0. The Balaban J connectivity index is 2.71. The second-order valence-corrected chi connectivity index (χ2v) is 1.87. The first-order valence-electron chi connectivity index (χ1n) is 3.71. The predicted octanol–water partition coefficient (Wildman–Crippen LogP) is 0.749. The number of ether oxygens (including phenoxy) is 1. The minimum absolute atomic E-state index is 0.430. The Morgan fingerprint density at radius 3 is 2.89 bits per heavy atom. The van der Waals surface area contributed by atoms with Crippen LogP contribution in [0.5, 0.6) is 0 Å². The van der Waals surface area contributed by atoms with Gasteiger partial charge in [-0.05, 0) is 6.90 Å². The van der Waals surface area contributed by atoms with Crippen molar-refractivity contribution in [2.75, 3.05) is 0 Å². The molecule has 1 fully saturated rings. The molecule has 0 bridgehead atoms. The Morgan fingerprint density at radius 2 is 2.67 bits per heavy atom. The summed E-state index contributed by atoms with van der Waals surface area (Å²) in [5.74, 6) is -3.54. The Morgan fingerprint density at radius 1 is 2.00 bits per heavy atom. The van der Waals surface area contributed by atoms with E-state index < -0.39 is 31.6 Å². The van der Waals surface area contributed by atoms with Gasteiger partial charge in [-0.25, -0.2) is 8.78 Å². The van der Waals surface area contributed by atoms with E-state index in [0.717, 1.165) is 0 Å². The monoisotopic (exact) mass is 142 g/mol. The van der Waals surface area contributed by atoms with E-state index in [2.05, 4.69) is 4.74 Å². The van der Waals surface area contributed by atoms with Gasteiger partial charge in [0, 0.05) is 9.14 Å². The normalized spacial score (nSPS) is 52.6. The minimum Gasteiger partial charge on any atom is -0.363 e. The van der Waals surface area contributed by atoms with E-state index in [1.807, 2.05) is 0 Å². The van der Waals surface area contributed by atoms with E-state index in [4.69, 9.17) is 7.85 Å². The van der Waals surface area contributed by atoms with Gasteiger partial charge in [0.05, 0.1) is 6.10 Å². The quantitative estimate of drug-likeness (QED) is 0.540. The highest BCUT2D eigenvalue weighted by molar-refractivity contribution is 4.80. The summed E-state index contributed by atoms with van der Waals surface area (Å²) in [5, 5.41) is 8.55. The smallest absolute Gasteiger partial charge is 0.300 e. The molecule has 0 aromatic heterocycles. The summed E-state index contributed by atoms with van der Waals surface area (Å²) < 4.78 is 42.9. The van der Waals surface area contributed by atoms with Crippen LogP contribution in [0, 0.1) is 0 Å². The molecule has 0 saturated carbocycles. The maximum atomic E-state index is 12.5. The molecular weight excluding hydrogens is 130 g/mol. The van der Waals surface area contributed by atoms with Gasteiger partial charge in [-0.2, -0.15) is 0 Å². The lowest BCUT2D eigenvalue weighted by Gasteiger charge is -2.09. The molecule has 0 unspecified atom stereocenters. The van der Waals surface area contributed by atoms with E-state index in [1.54, 1.807) is 0 Å². The molecule has 2 nitrogen and oxygen atoms in total. The molecule has 9 heavy (non-hydrogen) atoms. The van der Waals surface area contributed by atoms with Crippen LogP contribution in [0.25, 0.3) is 0 Å². The zero-order chi connectivity index (χ0) is 8.65. The van der Waals surface area contributed by atoms with Gasteiger partial charge in [0.2, 0.25) is 6.29 Å². The first-order chi connectivity index (χ1) is 5.00. The lowest BCUT2D eigenvalue weighted by atomic mass is 10.2. The average Bonchev–Trinajstić information content (AvgIpc) is 2.14. The van der Waals surface area contributed by atoms with Gasteiger partial charge < -0.3 is 9.84 Å². The number of rotatable bonds is 0. The second-order valence-electron chi connectivity index (χ2n) is 1.87. The summed E-state index contributed by atoms with van der Waals surface area (Å²) in [4.78, 5) is 0. The van der Waals surface area contributed by atoms with E-state index in [1.165, 1.54) is 0 Å². The maximum Gasteiger partial charge on any atom is 0.300 e. The largest absolute Gasteiger partial charge is 0.363 e. The summed E-state index contributed by atoms with van der Waals surface area (Å²) in [6, 6.07) is 0. The van der Waals surface area contributed by atoms with Crippen molar-refractivity contribution in [1.29, 1.82) is 0 Å². The summed E-state index contributed by atoms with van der Waals surface area (Å²) in [7, 11) is 0. The van der Waals surface area contributed by atoms with E-state index in [9.17, 15) is 8.78 Å². The summed E-state index contributed by atoms with van der Waals surface area (Å²) in [6.07, 6.45) is -5.23. The molecule has 1 aliphatic rings. The van der Waals surface area contributed by atoms with Crippen LogP contribution in [-0.2, 0) is 4.74 Å². The Kier molecular flexibility index (Phi) is 0.957. The molecule has 0 aliphatic carbocycles. The van der Waals surface area contributed by atoms with Gasteiger partial charge in [-0.3, -0.25) is 0 Å². The SMILES string of the molecule is [3H]C[C@H]1O[C@@H](O)C(F)(F)[C@H]1[3H]. The molecule has 0 aromatic carbocycles. The van der Waals surface area contributed by atoms with Crippen LogP contribution >= 0.6 is 0 Å². The number of hydrogen-bond acceptors (Lipinski definition) is 2. The van der Waals surface area contributed by atoms with Gasteiger partial charge >= 0.3 is 0 Å². The molecule has 1 aliphatic heterocycles. The van der Waals surface area contributed by atoms with Crippen LogP contribution in [0.4, 0.5) is 8.78 Å². The molecule has 1 heterocycles. The van der Waals surface area contributed by atoms with Crippen molar-refractivity contribution in [2.24, 2.45) is 0 Å². The van der Waals surface area contributed by atoms with Crippen molar-refractivity contribution in [3.8, 4) is 0 Å². The highest BCUT2D eigenvalue weighted by Gasteiger charge is 2.47. The Hall–Kier alpha value is -0.220. The van der Waals surface area contributed by atoms with Crippen molar-refractivity contribution in [1.82, 2.24) is 0 Å². The molecule has 0 spiro atoms. The van der Waals surface area contributed by atoms with E-state index >= 15 is 0 Å². The van der Waals surface area contributed by atoms with Gasteiger partial charge in [-0.1, -0.05) is 0 Å². The molecule has 54 valence electrons. The molecule has 0 aromatic rings. The molecule has 1 N–H and O–H groups in total. The van der Waals surface area contributed by atoms with Crippen molar-refractivity contribution >= 4 is 0 Å². The summed E-state index contributed by atoms with van der Waals surface area (Å²) in [5.41, 5.74) is 0. The van der Waals surface area contributed by atoms with Gasteiger partial charge in [0.1, 0.15) is 0 Å². The van der Waals surface area contributed by atoms with Crippen molar-refractivity contribution in [3.05, 3.63) is 0 Å². The second kappa shape index (κ2) is 1.88. The maximum absolute atomic E-state index is 12.5. The third-order valence-electron chi connectivity index (χ3n) is 1.04. The van der Waals surface area contributed by atoms with E-state index in [-0.39, 0.29) is 0 Å². The van der Waals surface area contributed by atoms with Crippen molar-refractivity contribution in [3.63, 3.8) is 0 Å². The third-order valence-corrected chi connectivity index (χ3v) is 1.04. The molecule has 3 atom stereocenters. The first-order valence-corrected chi connectivity index (χ1v) is 2.43. The minimum atomic E-state index is -3.54. The highest BCUT2D eigenvalue weighted by atomic mass is 19.3. The fraction of sp³-hybridized carbons (Fsp3) is 1.00. The lowest BCUT2D eigenvalue weighted by Crippen LogP contribution is -2.27. The number of aliphatic hydroxyl groups excluding tert-OH is 1. The standard InChI is InChI=1S/C5H8F2O2/c1-3-2-5(6,7)4(8)9-3/h3-4,8H,2H2,1H3/t3-,4-/m1/s1/i1T,2T/t2-,3+,4+/m0. The summed E-state index contributed by atoms with van der Waals surface area (Å²) in [6.45, 7) is -0.430. The topological polar surface area (TPSA) is 29.5 Å². The van der Waals surface area contributed by atoms with Crippen LogP contribution in [0.15, 0.2) is 0 Å². The van der Waals surface area contributed by atoms with Crippen LogP contribution < -0.4 is 0 Å². The van der Waals surface area contributed by atoms with Crippen molar-refractivity contribution in [2.45, 2.75) is 31.6 Å². The van der Waals surface area contributed by atoms with Crippen molar-refractivity contribution < 1.29 is 21.4 Å². The van der Waals surface area contributed by atoms with Crippen LogP contribution in [0.2, 0.25) is 0 Å². The molecule has 0 amide bonds. The van der Waals surface area contributed by atoms with Gasteiger partial charge in [-0.15, -0.1) is 0 Å². The molecule has 1 rings (SSSR count). The number of hydrogen-bond donors (Lipinski definition) is 1. The Labute approximate surface area is 54.2 Å². The van der Waals surface area contributed by atoms with Gasteiger partial charge in [0.25, 0.3) is 5.92 Å². The Bertz CT molecular complexity index is 155. The average molecular weight is 142 g/mol. The van der Waals surface area contributed by atoms with Crippen LogP contribution in [-0.4, -0.2) is 23.4 Å². The highest BCUT2D eigenvalue weighted by Crippen LogP contribution is 2.33. The molecular formula is C5H8F2O2. The number of halogens is 2. The number of aliphatic hydroxyl groups is 1. The molecule has 4 heteroatoms. The van der Waals surface area contributed by atoms with Crippen LogP contribution in [0.3, 0.4) is 0 Å². The molecule has 1 saturated heterocycles. The van der Waals surface area contributed by atoms with E-state index in [0.29, 0.717) is 0 Å². The van der Waals surface area contributed by atoms with Gasteiger partial charge in [0.15, 0.2) is 0 Å². The fourth-order valence-corrected chi connectivity index (χ4v) is 0.626. The zero-order valence-corrected chi connectivity index (χ0v) is 4.55. The van der Waals surface area contributed by atoms with Crippen LogP contribution in [0.1, 0.15) is 16.0 Å².